The second-order valence-electron chi connectivity index (χ2n) is 3.83. The van der Waals surface area contributed by atoms with Crippen LogP contribution in [0.4, 0.5) is 0 Å². The molecule has 0 aromatic rings. The smallest absolute Gasteiger partial charge is 0.224 e. The summed E-state index contributed by atoms with van der Waals surface area (Å²) < 4.78 is 0. The molecule has 2 N–H and O–H groups in total. The Morgan fingerprint density at radius 1 is 1.67 bits per heavy atom. The molecule has 1 heterocycles. The SMILES string of the molecule is CC(C)CNC(=O)C1CCNC1. The lowest BCUT2D eigenvalue weighted by atomic mass is 10.1. The van der Waals surface area contributed by atoms with Crippen LogP contribution < -0.4 is 10.6 Å². The lowest BCUT2D eigenvalue weighted by Gasteiger charge is -2.11. The van der Waals surface area contributed by atoms with Crippen LogP contribution in [0.25, 0.3) is 0 Å². The molecule has 1 saturated heterocycles. The second-order valence-corrected chi connectivity index (χ2v) is 3.83. The third-order valence-corrected chi connectivity index (χ3v) is 2.12. The monoisotopic (exact) mass is 170 g/mol. The highest BCUT2D eigenvalue weighted by Gasteiger charge is 2.21. The Labute approximate surface area is 73.9 Å². The molecule has 1 aliphatic rings. The normalized spacial score (nSPS) is 23.1. The number of hydrogen-bond acceptors (Lipinski definition) is 2. The van der Waals surface area contributed by atoms with Crippen molar-refractivity contribution in [2.75, 3.05) is 19.6 Å². The Bertz CT molecular complexity index is 151. The van der Waals surface area contributed by atoms with Gasteiger partial charge in [-0.1, -0.05) is 13.8 Å². The van der Waals surface area contributed by atoms with Crippen molar-refractivity contribution < 1.29 is 4.79 Å². The van der Waals surface area contributed by atoms with E-state index in [9.17, 15) is 4.79 Å². The fraction of sp³-hybridized carbons (Fsp3) is 0.889. The van der Waals surface area contributed by atoms with Crippen LogP contribution in [0, 0.1) is 11.8 Å². The van der Waals surface area contributed by atoms with Crippen LogP contribution in [0.3, 0.4) is 0 Å². The first-order valence-electron chi connectivity index (χ1n) is 4.68. The van der Waals surface area contributed by atoms with Gasteiger partial charge in [-0.3, -0.25) is 4.79 Å². The van der Waals surface area contributed by atoms with Crippen LogP contribution in [-0.4, -0.2) is 25.5 Å². The summed E-state index contributed by atoms with van der Waals surface area (Å²) in [6, 6.07) is 0. The Morgan fingerprint density at radius 2 is 2.42 bits per heavy atom. The summed E-state index contributed by atoms with van der Waals surface area (Å²) in [6.07, 6.45) is 0.990. The zero-order valence-corrected chi connectivity index (χ0v) is 7.89. The van der Waals surface area contributed by atoms with E-state index in [-0.39, 0.29) is 11.8 Å². The van der Waals surface area contributed by atoms with E-state index >= 15 is 0 Å². The van der Waals surface area contributed by atoms with Gasteiger partial charge in [-0.15, -0.1) is 0 Å². The summed E-state index contributed by atoms with van der Waals surface area (Å²) in [4.78, 5) is 11.4. The van der Waals surface area contributed by atoms with Crippen LogP contribution in [0.1, 0.15) is 20.3 Å². The van der Waals surface area contributed by atoms with E-state index in [1.807, 2.05) is 0 Å². The number of carbonyl (C=O) groups excluding carboxylic acids is 1. The number of nitrogens with one attached hydrogen (secondary N) is 2. The van der Waals surface area contributed by atoms with E-state index in [2.05, 4.69) is 24.5 Å². The average molecular weight is 170 g/mol. The first-order chi connectivity index (χ1) is 5.70. The van der Waals surface area contributed by atoms with Crippen LogP contribution >= 0.6 is 0 Å². The minimum Gasteiger partial charge on any atom is -0.356 e. The highest BCUT2D eigenvalue weighted by molar-refractivity contribution is 5.79. The fourth-order valence-corrected chi connectivity index (χ4v) is 1.33. The largest absolute Gasteiger partial charge is 0.356 e. The Hall–Kier alpha value is -0.570. The molecular formula is C9H18N2O. The molecule has 0 spiro atoms. The van der Waals surface area contributed by atoms with E-state index in [4.69, 9.17) is 0 Å². The van der Waals surface area contributed by atoms with E-state index < -0.39 is 0 Å². The first-order valence-corrected chi connectivity index (χ1v) is 4.68. The molecule has 0 aromatic heterocycles. The van der Waals surface area contributed by atoms with Crippen molar-refractivity contribution in [3.05, 3.63) is 0 Å². The number of carbonyl (C=O) groups is 1. The lowest BCUT2D eigenvalue weighted by Crippen LogP contribution is -2.34. The van der Waals surface area contributed by atoms with Gasteiger partial charge >= 0.3 is 0 Å². The van der Waals surface area contributed by atoms with Crippen LogP contribution in [0.5, 0.6) is 0 Å². The molecule has 1 unspecified atom stereocenters. The first kappa shape index (κ1) is 9.52. The Kier molecular flexibility index (Phi) is 3.53. The van der Waals surface area contributed by atoms with Gasteiger partial charge in [0.1, 0.15) is 0 Å². The highest BCUT2D eigenvalue weighted by Crippen LogP contribution is 2.06. The molecule has 0 aliphatic carbocycles. The minimum atomic E-state index is 0.212. The standard InChI is InChI=1S/C9H18N2O/c1-7(2)5-11-9(12)8-3-4-10-6-8/h7-8,10H,3-6H2,1-2H3,(H,11,12). The van der Waals surface area contributed by atoms with Gasteiger partial charge in [0.05, 0.1) is 5.92 Å². The fourth-order valence-electron chi connectivity index (χ4n) is 1.33. The van der Waals surface area contributed by atoms with Gasteiger partial charge in [-0.2, -0.15) is 0 Å². The van der Waals surface area contributed by atoms with E-state index in [0.29, 0.717) is 5.92 Å². The molecule has 0 bridgehead atoms. The van der Waals surface area contributed by atoms with Crippen molar-refractivity contribution in [3.63, 3.8) is 0 Å². The maximum atomic E-state index is 11.4. The van der Waals surface area contributed by atoms with Crippen molar-refractivity contribution in [3.8, 4) is 0 Å². The predicted molar refractivity (Wildman–Crippen MR) is 48.8 cm³/mol. The summed E-state index contributed by atoms with van der Waals surface area (Å²) in [5.41, 5.74) is 0. The van der Waals surface area contributed by atoms with Crippen molar-refractivity contribution in [1.29, 1.82) is 0 Å². The molecule has 3 heteroatoms. The van der Waals surface area contributed by atoms with Gasteiger partial charge in [0.25, 0.3) is 0 Å². The van der Waals surface area contributed by atoms with Gasteiger partial charge in [0.15, 0.2) is 0 Å². The zero-order chi connectivity index (χ0) is 8.97. The predicted octanol–water partition coefficient (Wildman–Crippen LogP) is 0.368. The molecule has 1 fully saturated rings. The molecule has 1 rings (SSSR count). The molecule has 0 radical (unpaired) electrons. The van der Waals surface area contributed by atoms with E-state index in [1.165, 1.54) is 0 Å². The number of rotatable bonds is 3. The molecule has 3 nitrogen and oxygen atoms in total. The highest BCUT2D eigenvalue weighted by atomic mass is 16.1. The Morgan fingerprint density at radius 3 is 2.92 bits per heavy atom. The zero-order valence-electron chi connectivity index (χ0n) is 7.89. The molecule has 70 valence electrons. The summed E-state index contributed by atoms with van der Waals surface area (Å²) in [5.74, 6) is 0.973. The summed E-state index contributed by atoms with van der Waals surface area (Å²) in [6.45, 7) is 6.85. The number of hydrogen-bond donors (Lipinski definition) is 2. The minimum absolute atomic E-state index is 0.212. The van der Waals surface area contributed by atoms with Gasteiger partial charge in [0, 0.05) is 13.1 Å². The van der Waals surface area contributed by atoms with Crippen LogP contribution in [0.2, 0.25) is 0 Å². The topological polar surface area (TPSA) is 41.1 Å². The van der Waals surface area contributed by atoms with Crippen molar-refractivity contribution in [2.24, 2.45) is 11.8 Å². The maximum Gasteiger partial charge on any atom is 0.224 e. The van der Waals surface area contributed by atoms with Gasteiger partial charge in [-0.05, 0) is 18.9 Å². The molecular weight excluding hydrogens is 152 g/mol. The van der Waals surface area contributed by atoms with Crippen LogP contribution in [0.15, 0.2) is 0 Å². The number of amides is 1. The third-order valence-electron chi connectivity index (χ3n) is 2.12. The van der Waals surface area contributed by atoms with Crippen molar-refractivity contribution in [2.45, 2.75) is 20.3 Å². The Balaban J connectivity index is 2.18. The summed E-state index contributed by atoms with van der Waals surface area (Å²) in [5, 5.41) is 6.13. The summed E-state index contributed by atoms with van der Waals surface area (Å²) >= 11 is 0. The van der Waals surface area contributed by atoms with Gasteiger partial charge in [0.2, 0.25) is 5.91 Å². The lowest BCUT2D eigenvalue weighted by molar-refractivity contribution is -0.124. The van der Waals surface area contributed by atoms with Crippen LogP contribution in [-0.2, 0) is 4.79 Å². The second kappa shape index (κ2) is 4.45. The van der Waals surface area contributed by atoms with Crippen molar-refractivity contribution in [1.82, 2.24) is 10.6 Å². The molecule has 1 atom stereocenters. The molecule has 0 saturated carbocycles. The van der Waals surface area contributed by atoms with Crippen molar-refractivity contribution >= 4 is 5.91 Å². The molecule has 0 aromatic carbocycles. The molecule has 1 amide bonds. The van der Waals surface area contributed by atoms with E-state index in [1.54, 1.807) is 0 Å². The molecule has 12 heavy (non-hydrogen) atoms. The average Bonchev–Trinajstić information content (AvgIpc) is 2.51. The summed E-state index contributed by atoms with van der Waals surface area (Å²) in [7, 11) is 0. The van der Waals surface area contributed by atoms with E-state index in [0.717, 1.165) is 26.1 Å². The van der Waals surface area contributed by atoms with Gasteiger partial charge < -0.3 is 10.6 Å². The quantitative estimate of drug-likeness (QED) is 0.642. The third kappa shape index (κ3) is 2.81. The van der Waals surface area contributed by atoms with Gasteiger partial charge in [-0.25, -0.2) is 0 Å². The molecule has 1 aliphatic heterocycles. The maximum absolute atomic E-state index is 11.4.